The lowest BCUT2D eigenvalue weighted by Crippen LogP contribution is -2.43. The Hall–Kier alpha value is -1.79. The molecule has 1 fully saturated rings. The first-order valence-corrected chi connectivity index (χ1v) is 8.69. The van der Waals surface area contributed by atoms with Crippen LogP contribution in [0.5, 0.6) is 5.75 Å². The molecule has 1 aliphatic carbocycles. The van der Waals surface area contributed by atoms with Crippen LogP contribution in [0.15, 0.2) is 35.3 Å². The predicted octanol–water partition coefficient (Wildman–Crippen LogP) is 1.34. The highest BCUT2D eigenvalue weighted by Crippen LogP contribution is 2.25. The first-order chi connectivity index (χ1) is 11.8. The maximum atomic E-state index is 5.66. The number of nitrogens with one attached hydrogen (secondary N) is 2. The van der Waals surface area contributed by atoms with Gasteiger partial charge in [0, 0.05) is 39.8 Å². The molecule has 0 amide bonds. The number of rotatable bonds is 11. The highest BCUT2D eigenvalue weighted by Gasteiger charge is 2.28. The van der Waals surface area contributed by atoms with Crippen LogP contribution < -0.4 is 15.4 Å². The van der Waals surface area contributed by atoms with Crippen molar-refractivity contribution >= 4 is 5.96 Å². The van der Waals surface area contributed by atoms with Gasteiger partial charge in [-0.05, 0) is 25.0 Å². The van der Waals surface area contributed by atoms with Crippen LogP contribution in [0.4, 0.5) is 0 Å². The molecule has 6 heteroatoms. The molecule has 1 aromatic carbocycles. The van der Waals surface area contributed by atoms with Gasteiger partial charge in [-0.3, -0.25) is 9.89 Å². The van der Waals surface area contributed by atoms with E-state index in [-0.39, 0.29) is 0 Å². The number of aliphatic imine (C=N–C) groups is 1. The van der Waals surface area contributed by atoms with Gasteiger partial charge in [0.1, 0.15) is 12.4 Å². The maximum absolute atomic E-state index is 5.66. The maximum Gasteiger partial charge on any atom is 0.191 e. The molecule has 0 atom stereocenters. The Morgan fingerprint density at radius 1 is 1.12 bits per heavy atom. The summed E-state index contributed by atoms with van der Waals surface area (Å²) in [5.74, 6) is 1.70. The molecule has 134 valence electrons. The second-order valence-electron chi connectivity index (χ2n) is 5.85. The number of nitrogens with zero attached hydrogens (tertiary/aromatic N) is 2. The normalized spacial score (nSPS) is 14.7. The number of hydrogen-bond donors (Lipinski definition) is 2. The SMILES string of the molecule is CN=C(NCCOc1ccccc1)NCCN(CCOC)C1CC1. The molecule has 0 unspecified atom stereocenters. The number of hydrogen-bond acceptors (Lipinski definition) is 4. The van der Waals surface area contributed by atoms with Gasteiger partial charge >= 0.3 is 0 Å². The zero-order valence-electron chi connectivity index (χ0n) is 14.8. The molecule has 1 aliphatic rings. The van der Waals surface area contributed by atoms with Crippen LogP contribution in [0.2, 0.25) is 0 Å². The van der Waals surface area contributed by atoms with Gasteiger partial charge in [0.05, 0.1) is 13.2 Å². The molecular weight excluding hydrogens is 304 g/mol. The van der Waals surface area contributed by atoms with Crippen molar-refractivity contribution in [1.29, 1.82) is 0 Å². The van der Waals surface area contributed by atoms with E-state index in [1.54, 1.807) is 14.2 Å². The Kier molecular flexibility index (Phi) is 8.41. The van der Waals surface area contributed by atoms with E-state index < -0.39 is 0 Å². The molecule has 0 spiro atoms. The van der Waals surface area contributed by atoms with Crippen LogP contribution in [0, 0.1) is 0 Å². The largest absolute Gasteiger partial charge is 0.492 e. The highest BCUT2D eigenvalue weighted by molar-refractivity contribution is 5.79. The monoisotopic (exact) mass is 334 g/mol. The third kappa shape index (κ3) is 7.19. The molecule has 2 N–H and O–H groups in total. The van der Waals surface area contributed by atoms with Crippen LogP contribution in [0.25, 0.3) is 0 Å². The molecule has 0 saturated heterocycles. The van der Waals surface area contributed by atoms with Crippen molar-refractivity contribution in [2.24, 2.45) is 4.99 Å². The number of ether oxygens (including phenoxy) is 2. The molecule has 1 aromatic rings. The van der Waals surface area contributed by atoms with Crippen LogP contribution in [0.1, 0.15) is 12.8 Å². The molecule has 2 rings (SSSR count). The Morgan fingerprint density at radius 3 is 2.54 bits per heavy atom. The van der Waals surface area contributed by atoms with Crippen molar-refractivity contribution in [3.05, 3.63) is 30.3 Å². The molecular formula is C18H30N4O2. The van der Waals surface area contributed by atoms with Gasteiger partial charge in [-0.2, -0.15) is 0 Å². The first kappa shape index (κ1) is 18.5. The average Bonchev–Trinajstić information content (AvgIpc) is 3.45. The highest BCUT2D eigenvalue weighted by atomic mass is 16.5. The van der Waals surface area contributed by atoms with Crippen LogP contribution in [-0.4, -0.2) is 70.5 Å². The standard InChI is InChI=1S/C18H30N4O2/c1-19-18(21-11-14-24-17-6-4-3-5-7-17)20-10-12-22(13-15-23-2)16-8-9-16/h3-7,16H,8-15H2,1-2H3,(H2,19,20,21). The van der Waals surface area contributed by atoms with Gasteiger partial charge < -0.3 is 20.1 Å². The van der Waals surface area contributed by atoms with Gasteiger partial charge in [-0.25, -0.2) is 0 Å². The lowest BCUT2D eigenvalue weighted by Gasteiger charge is -2.22. The lowest BCUT2D eigenvalue weighted by molar-refractivity contribution is 0.144. The van der Waals surface area contributed by atoms with Crippen molar-refractivity contribution in [1.82, 2.24) is 15.5 Å². The summed E-state index contributed by atoms with van der Waals surface area (Å²) in [6.45, 7) is 4.99. The summed E-state index contributed by atoms with van der Waals surface area (Å²) in [4.78, 5) is 6.74. The van der Waals surface area contributed by atoms with E-state index >= 15 is 0 Å². The summed E-state index contributed by atoms with van der Waals surface area (Å²) in [6, 6.07) is 10.6. The Bertz CT molecular complexity index is 477. The number of methoxy groups -OCH3 is 1. The molecule has 0 bridgehead atoms. The van der Waals surface area contributed by atoms with Crippen molar-refractivity contribution in [2.75, 3.05) is 53.6 Å². The minimum Gasteiger partial charge on any atom is -0.492 e. The summed E-state index contributed by atoms with van der Waals surface area (Å²) in [5, 5.41) is 6.63. The Labute approximate surface area is 145 Å². The topological polar surface area (TPSA) is 58.1 Å². The van der Waals surface area contributed by atoms with Gasteiger partial charge in [0.25, 0.3) is 0 Å². The fourth-order valence-electron chi connectivity index (χ4n) is 2.52. The van der Waals surface area contributed by atoms with Crippen LogP contribution >= 0.6 is 0 Å². The zero-order chi connectivity index (χ0) is 17.0. The summed E-state index contributed by atoms with van der Waals surface area (Å²) in [7, 11) is 3.55. The van der Waals surface area contributed by atoms with Gasteiger partial charge in [0.2, 0.25) is 0 Å². The molecule has 0 aliphatic heterocycles. The smallest absolute Gasteiger partial charge is 0.191 e. The predicted molar refractivity (Wildman–Crippen MR) is 97.8 cm³/mol. The molecule has 1 saturated carbocycles. The summed E-state index contributed by atoms with van der Waals surface area (Å²) in [5.41, 5.74) is 0. The van der Waals surface area contributed by atoms with E-state index in [9.17, 15) is 0 Å². The van der Waals surface area contributed by atoms with E-state index in [1.165, 1.54) is 12.8 Å². The van der Waals surface area contributed by atoms with Crippen LogP contribution in [0.3, 0.4) is 0 Å². The Morgan fingerprint density at radius 2 is 1.88 bits per heavy atom. The van der Waals surface area contributed by atoms with Crippen molar-refractivity contribution in [3.63, 3.8) is 0 Å². The van der Waals surface area contributed by atoms with E-state index in [2.05, 4.69) is 20.5 Å². The lowest BCUT2D eigenvalue weighted by atomic mass is 10.3. The quantitative estimate of drug-likeness (QED) is 0.363. The van der Waals surface area contributed by atoms with Crippen molar-refractivity contribution in [3.8, 4) is 5.75 Å². The molecule has 0 radical (unpaired) electrons. The average molecular weight is 334 g/mol. The zero-order valence-corrected chi connectivity index (χ0v) is 14.8. The fraction of sp³-hybridized carbons (Fsp3) is 0.611. The molecule has 24 heavy (non-hydrogen) atoms. The second-order valence-corrected chi connectivity index (χ2v) is 5.85. The van der Waals surface area contributed by atoms with E-state index in [4.69, 9.17) is 9.47 Å². The van der Waals surface area contributed by atoms with Crippen LogP contribution in [-0.2, 0) is 4.74 Å². The van der Waals surface area contributed by atoms with E-state index in [0.29, 0.717) is 13.2 Å². The minimum absolute atomic E-state index is 0.604. The van der Waals surface area contributed by atoms with Gasteiger partial charge in [-0.1, -0.05) is 18.2 Å². The van der Waals surface area contributed by atoms with Crippen molar-refractivity contribution in [2.45, 2.75) is 18.9 Å². The van der Waals surface area contributed by atoms with Gasteiger partial charge in [-0.15, -0.1) is 0 Å². The summed E-state index contributed by atoms with van der Waals surface area (Å²) >= 11 is 0. The first-order valence-electron chi connectivity index (χ1n) is 8.69. The number of benzene rings is 1. The van der Waals surface area contributed by atoms with Crippen molar-refractivity contribution < 1.29 is 9.47 Å². The summed E-state index contributed by atoms with van der Waals surface area (Å²) in [6.07, 6.45) is 2.63. The van der Waals surface area contributed by atoms with E-state index in [1.807, 2.05) is 30.3 Å². The number of para-hydroxylation sites is 1. The van der Waals surface area contributed by atoms with Gasteiger partial charge in [0.15, 0.2) is 5.96 Å². The third-order valence-corrected chi connectivity index (χ3v) is 3.97. The second kappa shape index (κ2) is 10.9. The molecule has 6 nitrogen and oxygen atoms in total. The summed E-state index contributed by atoms with van der Waals surface area (Å²) < 4.78 is 10.8. The fourth-order valence-corrected chi connectivity index (χ4v) is 2.52. The molecule has 0 aromatic heterocycles. The number of guanidine groups is 1. The van der Waals surface area contributed by atoms with E-state index in [0.717, 1.165) is 44.0 Å². The Balaban J connectivity index is 1.58. The molecule has 0 heterocycles. The third-order valence-electron chi connectivity index (χ3n) is 3.97. The minimum atomic E-state index is 0.604.